The van der Waals surface area contributed by atoms with Gasteiger partial charge >= 0.3 is 0 Å². The molecule has 0 aliphatic carbocycles. The van der Waals surface area contributed by atoms with Gasteiger partial charge in [0.1, 0.15) is 17.6 Å². The fourth-order valence-corrected chi connectivity index (χ4v) is 5.64. The van der Waals surface area contributed by atoms with E-state index in [9.17, 15) is 9.90 Å². The molecule has 6 rings (SSSR count). The van der Waals surface area contributed by atoms with E-state index in [-0.39, 0.29) is 17.8 Å². The molecule has 200 valence electrons. The number of nitrogens with one attached hydrogen (secondary N) is 1. The maximum atomic E-state index is 13.4. The Bertz CT molecular complexity index is 1600. The van der Waals surface area contributed by atoms with Gasteiger partial charge in [0.25, 0.3) is 5.91 Å². The van der Waals surface area contributed by atoms with E-state index >= 15 is 0 Å². The Morgan fingerprint density at radius 2 is 1.87 bits per heavy atom. The minimum absolute atomic E-state index is 0.182. The molecule has 1 amide bonds. The molecule has 1 saturated heterocycles. The number of carbonyl (C=O) groups is 1. The van der Waals surface area contributed by atoms with Crippen molar-refractivity contribution in [3.63, 3.8) is 0 Å². The fourth-order valence-electron chi connectivity index (χ4n) is 5.21. The number of aromatic nitrogens is 1. The predicted octanol–water partition coefficient (Wildman–Crippen LogP) is 5.63. The zero-order chi connectivity index (χ0) is 26.9. The van der Waals surface area contributed by atoms with Gasteiger partial charge in [0, 0.05) is 42.8 Å². The molecule has 7 nitrogen and oxygen atoms in total. The molecule has 1 unspecified atom stereocenters. The summed E-state index contributed by atoms with van der Waals surface area (Å²) in [5.41, 5.74) is 4.18. The van der Waals surface area contributed by atoms with Gasteiger partial charge in [0.05, 0.1) is 35.3 Å². The number of benzene rings is 3. The molecule has 2 aliphatic rings. The molecule has 0 bridgehead atoms. The van der Waals surface area contributed by atoms with E-state index in [4.69, 9.17) is 33.3 Å². The first kappa shape index (κ1) is 25.8. The molecule has 3 heterocycles. The minimum atomic E-state index is -0.336. The Morgan fingerprint density at radius 3 is 2.64 bits per heavy atom. The van der Waals surface area contributed by atoms with Gasteiger partial charge in [-0.05, 0) is 53.1 Å². The Balaban J connectivity index is 1.39. The van der Waals surface area contributed by atoms with Crippen molar-refractivity contribution >= 4 is 40.6 Å². The molecule has 1 atom stereocenters. The number of halogens is 1. The van der Waals surface area contributed by atoms with Gasteiger partial charge in [-0.2, -0.15) is 0 Å². The van der Waals surface area contributed by atoms with Crippen LogP contribution in [0.3, 0.4) is 0 Å². The number of rotatable bonds is 6. The van der Waals surface area contributed by atoms with Crippen molar-refractivity contribution in [2.45, 2.75) is 25.7 Å². The van der Waals surface area contributed by atoms with Gasteiger partial charge in [-0.25, -0.2) is 0 Å². The van der Waals surface area contributed by atoms with E-state index in [0.29, 0.717) is 41.4 Å². The average Bonchev–Trinajstić information content (AvgIpc) is 2.94. The van der Waals surface area contributed by atoms with E-state index in [0.717, 1.165) is 53.0 Å². The summed E-state index contributed by atoms with van der Waals surface area (Å²) in [5, 5.41) is 14.6. The monoisotopic (exact) mass is 561 g/mol. The number of phenolic OH excluding ortho intramolecular Hbond substituents is 1. The molecule has 2 aliphatic heterocycles. The van der Waals surface area contributed by atoms with Crippen molar-refractivity contribution in [2.24, 2.45) is 0 Å². The van der Waals surface area contributed by atoms with E-state index < -0.39 is 0 Å². The van der Waals surface area contributed by atoms with Crippen LogP contribution in [0.2, 0.25) is 5.02 Å². The summed E-state index contributed by atoms with van der Waals surface area (Å²) in [4.78, 5) is 15.8. The predicted molar refractivity (Wildman–Crippen MR) is 153 cm³/mol. The minimum Gasteiger partial charge on any atom is -0.508 e. The quantitative estimate of drug-likeness (QED) is 0.297. The lowest BCUT2D eigenvalue weighted by Gasteiger charge is -2.31. The highest BCUT2D eigenvalue weighted by Gasteiger charge is 2.26. The molecule has 0 spiro atoms. The average molecular weight is 562 g/mol. The lowest BCUT2D eigenvalue weighted by atomic mass is 10.0. The highest BCUT2D eigenvalue weighted by Crippen LogP contribution is 2.39. The van der Waals surface area contributed by atoms with Crippen LogP contribution in [0.5, 0.6) is 11.5 Å². The zero-order valence-corrected chi connectivity index (χ0v) is 22.8. The maximum Gasteiger partial charge on any atom is 0.254 e. The molecule has 39 heavy (non-hydrogen) atoms. The molecule has 1 fully saturated rings. The van der Waals surface area contributed by atoms with Gasteiger partial charge in [0.2, 0.25) is 0 Å². The van der Waals surface area contributed by atoms with Crippen LogP contribution in [0, 0.1) is 4.51 Å². The second-order valence-electron chi connectivity index (χ2n) is 9.91. The highest BCUT2D eigenvalue weighted by molar-refractivity contribution is 7.71. The third-order valence-corrected chi connectivity index (χ3v) is 7.88. The van der Waals surface area contributed by atoms with E-state index in [2.05, 4.69) is 22.3 Å². The van der Waals surface area contributed by atoms with E-state index in [1.165, 1.54) is 0 Å². The van der Waals surface area contributed by atoms with Crippen molar-refractivity contribution in [1.82, 2.24) is 14.8 Å². The van der Waals surface area contributed by atoms with Crippen LogP contribution in [0.1, 0.15) is 33.2 Å². The summed E-state index contributed by atoms with van der Waals surface area (Å²) in [6, 6.07) is 18.6. The molecule has 4 aromatic rings. The Kier molecular flexibility index (Phi) is 7.27. The standard InChI is InChI=1S/C30H28ClN3O4S/c31-22-6-4-19(5-7-22)15-32-30(36)25-17-34-18-27(21-2-1-3-23(35)14-21)38-26-13-20(12-24(28(26)34)29(25)39)16-33-8-10-37-11-9-33/h1-7,12-14,17,27,35H,8-11,15-16,18H2,(H,32,36). The highest BCUT2D eigenvalue weighted by atomic mass is 35.5. The van der Waals surface area contributed by atoms with Crippen molar-refractivity contribution in [1.29, 1.82) is 0 Å². The summed E-state index contributed by atoms with van der Waals surface area (Å²) in [6.45, 7) is 4.70. The Hall–Kier alpha value is -3.43. The van der Waals surface area contributed by atoms with E-state index in [1.54, 1.807) is 30.3 Å². The lowest BCUT2D eigenvalue weighted by molar-refractivity contribution is 0.0341. The van der Waals surface area contributed by atoms with Crippen LogP contribution in [-0.2, 0) is 24.4 Å². The number of aromatic hydroxyl groups is 1. The van der Waals surface area contributed by atoms with Crippen molar-refractivity contribution in [2.75, 3.05) is 26.3 Å². The summed E-state index contributed by atoms with van der Waals surface area (Å²) in [7, 11) is 0. The molecular weight excluding hydrogens is 534 g/mol. The number of carbonyl (C=O) groups excluding carboxylic acids is 1. The summed E-state index contributed by atoms with van der Waals surface area (Å²) in [5.74, 6) is 0.664. The second kappa shape index (κ2) is 11.0. The topological polar surface area (TPSA) is 76.0 Å². The van der Waals surface area contributed by atoms with Gasteiger partial charge in [-0.1, -0.05) is 48.1 Å². The number of hydrogen-bond acceptors (Lipinski definition) is 6. The maximum absolute atomic E-state index is 13.4. The first-order valence-electron chi connectivity index (χ1n) is 12.9. The fraction of sp³-hybridized carbons (Fsp3) is 0.267. The molecule has 0 radical (unpaired) electrons. The number of nitrogens with zero attached hydrogens (tertiary/aromatic N) is 2. The molecule has 0 saturated carbocycles. The van der Waals surface area contributed by atoms with Crippen LogP contribution in [-0.4, -0.2) is 46.8 Å². The van der Waals surface area contributed by atoms with Crippen LogP contribution in [0.4, 0.5) is 0 Å². The largest absolute Gasteiger partial charge is 0.508 e. The summed E-state index contributed by atoms with van der Waals surface area (Å²) in [6.07, 6.45) is 1.49. The number of ether oxygens (including phenoxy) is 2. The second-order valence-corrected chi connectivity index (χ2v) is 10.8. The molecule has 3 aromatic carbocycles. The Morgan fingerprint density at radius 1 is 1.08 bits per heavy atom. The molecular formula is C30H28ClN3O4S. The normalized spacial score (nSPS) is 17.1. The molecule has 1 aromatic heterocycles. The zero-order valence-electron chi connectivity index (χ0n) is 21.2. The van der Waals surface area contributed by atoms with Crippen molar-refractivity contribution in [3.8, 4) is 11.5 Å². The molecule has 2 N–H and O–H groups in total. The van der Waals surface area contributed by atoms with Crippen LogP contribution < -0.4 is 10.1 Å². The number of amides is 1. The van der Waals surface area contributed by atoms with Gasteiger partial charge in [-0.15, -0.1) is 0 Å². The van der Waals surface area contributed by atoms with Crippen LogP contribution in [0.25, 0.3) is 10.9 Å². The summed E-state index contributed by atoms with van der Waals surface area (Å²) >= 11 is 11.9. The SMILES string of the molecule is O=C(NCc1ccc(Cl)cc1)c1cn2c3c(cc(CN4CCOCC4)cc3c1=S)OC(c1cccc(O)c1)C2. The van der Waals surface area contributed by atoms with Gasteiger partial charge in [-0.3, -0.25) is 9.69 Å². The van der Waals surface area contributed by atoms with Gasteiger partial charge < -0.3 is 24.5 Å². The third kappa shape index (κ3) is 5.51. The van der Waals surface area contributed by atoms with Gasteiger partial charge in [0.15, 0.2) is 0 Å². The number of hydrogen-bond donors (Lipinski definition) is 2. The Labute approximate surface area is 236 Å². The first-order chi connectivity index (χ1) is 18.9. The van der Waals surface area contributed by atoms with Crippen LogP contribution in [0.15, 0.2) is 66.9 Å². The first-order valence-corrected chi connectivity index (χ1v) is 13.7. The smallest absolute Gasteiger partial charge is 0.254 e. The molecule has 9 heteroatoms. The lowest BCUT2D eigenvalue weighted by Crippen LogP contribution is -2.35. The van der Waals surface area contributed by atoms with Crippen molar-refractivity contribution in [3.05, 3.63) is 98.6 Å². The third-order valence-electron chi connectivity index (χ3n) is 7.19. The number of pyridine rings is 1. The number of morpholine rings is 1. The van der Waals surface area contributed by atoms with Crippen LogP contribution >= 0.6 is 23.8 Å². The van der Waals surface area contributed by atoms with E-state index in [1.807, 2.05) is 29.0 Å². The van der Waals surface area contributed by atoms with Crippen molar-refractivity contribution < 1.29 is 19.4 Å². The summed E-state index contributed by atoms with van der Waals surface area (Å²) < 4.78 is 14.6. The number of phenols is 1.